The van der Waals surface area contributed by atoms with Crippen LogP contribution < -0.4 is 0 Å². The number of hydrogen-bond donors (Lipinski definition) is 0. The minimum absolute atomic E-state index is 0.591. The zero-order valence-electron chi connectivity index (χ0n) is 3.91. The molecule has 8 heavy (non-hydrogen) atoms. The minimum atomic E-state index is -0.591. The predicted molar refractivity (Wildman–Crippen MR) is 24.0 cm³/mol. The van der Waals surface area contributed by atoms with Gasteiger partial charge in [-0.05, 0) is 12.1 Å². The third kappa shape index (κ3) is 1.03. The van der Waals surface area contributed by atoms with Crippen LogP contribution in [0.2, 0.25) is 0 Å². The zero-order valence-corrected chi connectivity index (χ0v) is 3.91. The van der Waals surface area contributed by atoms with E-state index in [1.807, 2.05) is 12.1 Å². The monoisotopic (exact) mass is 112 g/mol. The molecule has 1 aromatic rings. The van der Waals surface area contributed by atoms with E-state index in [2.05, 4.69) is 0 Å². The van der Waals surface area contributed by atoms with Crippen LogP contribution in [0.5, 0.6) is 0 Å². The Hall–Kier alpha value is -0.920. The quantitative estimate of drug-likeness (QED) is 0.477. The van der Waals surface area contributed by atoms with Crippen LogP contribution in [0.4, 0.5) is 8.78 Å². The number of halogens is 2. The van der Waals surface area contributed by atoms with E-state index in [1.165, 1.54) is 0 Å². The van der Waals surface area contributed by atoms with Crippen molar-refractivity contribution < 1.29 is 8.78 Å². The van der Waals surface area contributed by atoms with Crippen LogP contribution in [0.1, 0.15) is 0 Å². The third-order valence-corrected chi connectivity index (χ3v) is 0.674. The Balaban J connectivity index is 3.03. The van der Waals surface area contributed by atoms with E-state index in [-0.39, 0.29) is 0 Å². The van der Waals surface area contributed by atoms with Crippen molar-refractivity contribution in [3.05, 3.63) is 35.9 Å². The first-order valence-electron chi connectivity index (χ1n) is 2.03. The van der Waals surface area contributed by atoms with E-state index in [0.29, 0.717) is 0 Å². The predicted octanol–water partition coefficient (Wildman–Crippen LogP) is 1.57. The van der Waals surface area contributed by atoms with Crippen molar-refractivity contribution in [1.29, 1.82) is 0 Å². The molecule has 1 rings (SSSR count). The highest BCUT2D eigenvalue weighted by molar-refractivity contribution is 5.01. The Morgan fingerprint density at radius 1 is 1.00 bits per heavy atom. The van der Waals surface area contributed by atoms with Gasteiger partial charge < -0.3 is 0 Å². The molecule has 2 heteroatoms. The van der Waals surface area contributed by atoms with Gasteiger partial charge in [0.2, 0.25) is 0 Å². The van der Waals surface area contributed by atoms with Gasteiger partial charge in [0, 0.05) is 12.1 Å². The Labute approximate surface area is 45.8 Å². The molecule has 0 nitrogen and oxygen atoms in total. The van der Waals surface area contributed by atoms with Crippen LogP contribution in [-0.4, -0.2) is 0 Å². The smallest absolute Gasteiger partial charge is 0.131 e. The van der Waals surface area contributed by atoms with Crippen molar-refractivity contribution in [2.45, 2.75) is 0 Å². The molecule has 0 saturated carbocycles. The van der Waals surface area contributed by atoms with E-state index in [9.17, 15) is 8.78 Å². The standard InChI is InChI=1S/C6H2F2/c7-5-1-2-6(8)4-3-5/h1,4H. The summed E-state index contributed by atoms with van der Waals surface area (Å²) in [6, 6.07) is 5.85. The van der Waals surface area contributed by atoms with Crippen LogP contribution in [0, 0.1) is 23.8 Å². The van der Waals surface area contributed by atoms with Gasteiger partial charge in [0.05, 0.1) is 0 Å². The topological polar surface area (TPSA) is 0 Å². The van der Waals surface area contributed by atoms with Crippen LogP contribution in [-0.2, 0) is 0 Å². The molecule has 0 amide bonds. The average Bonchev–Trinajstić information content (AvgIpc) is 1.77. The Morgan fingerprint density at radius 2 is 1.38 bits per heavy atom. The van der Waals surface area contributed by atoms with Crippen molar-refractivity contribution >= 4 is 0 Å². The first kappa shape index (κ1) is 5.22. The maximum atomic E-state index is 11.8. The summed E-state index contributed by atoms with van der Waals surface area (Å²) >= 11 is 0. The van der Waals surface area contributed by atoms with Gasteiger partial charge >= 0.3 is 0 Å². The van der Waals surface area contributed by atoms with Gasteiger partial charge in [-0.15, -0.1) is 0 Å². The molecule has 1 aromatic carbocycles. The average molecular weight is 112 g/mol. The van der Waals surface area contributed by atoms with E-state index in [1.54, 1.807) is 0 Å². The highest BCUT2D eigenvalue weighted by atomic mass is 19.1. The van der Waals surface area contributed by atoms with E-state index >= 15 is 0 Å². The molecule has 0 spiro atoms. The second-order valence-electron chi connectivity index (χ2n) is 1.27. The van der Waals surface area contributed by atoms with Gasteiger partial charge in [-0.25, -0.2) is 8.78 Å². The zero-order chi connectivity index (χ0) is 5.98. The summed E-state index contributed by atoms with van der Waals surface area (Å²) in [6.07, 6.45) is 0. The molecule has 0 N–H and O–H groups in total. The summed E-state index contributed by atoms with van der Waals surface area (Å²) in [5.74, 6) is -1.18. The van der Waals surface area contributed by atoms with E-state index in [0.717, 1.165) is 12.1 Å². The van der Waals surface area contributed by atoms with Gasteiger partial charge in [-0.2, -0.15) is 0 Å². The lowest BCUT2D eigenvalue weighted by molar-refractivity contribution is 0.596. The number of benzene rings is 1. The maximum absolute atomic E-state index is 11.8. The highest BCUT2D eigenvalue weighted by Gasteiger charge is 1.88. The number of hydrogen-bond acceptors (Lipinski definition) is 0. The van der Waals surface area contributed by atoms with Crippen molar-refractivity contribution in [2.75, 3.05) is 0 Å². The fourth-order valence-corrected chi connectivity index (χ4v) is 0.348. The summed E-state index contributed by atoms with van der Waals surface area (Å²) in [5.41, 5.74) is 0. The molecule has 0 saturated heterocycles. The lowest BCUT2D eigenvalue weighted by Crippen LogP contribution is -1.74. The molecular weight excluding hydrogens is 110 g/mol. The molecule has 0 aliphatic rings. The Bertz CT molecular complexity index is 145. The maximum Gasteiger partial charge on any atom is 0.131 e. The van der Waals surface area contributed by atoms with Gasteiger partial charge in [0.1, 0.15) is 11.6 Å². The highest BCUT2D eigenvalue weighted by Crippen LogP contribution is 1.96. The number of rotatable bonds is 0. The van der Waals surface area contributed by atoms with Crippen LogP contribution >= 0.6 is 0 Å². The van der Waals surface area contributed by atoms with Crippen LogP contribution in [0.25, 0.3) is 0 Å². The van der Waals surface area contributed by atoms with Crippen molar-refractivity contribution in [3.8, 4) is 0 Å². The largest absolute Gasteiger partial charge is 0.206 e. The normalized spacial score (nSPS) is 9.25. The summed E-state index contributed by atoms with van der Waals surface area (Å²) in [5, 5.41) is 0. The van der Waals surface area contributed by atoms with Crippen molar-refractivity contribution in [2.24, 2.45) is 0 Å². The molecule has 2 radical (unpaired) electrons. The first-order chi connectivity index (χ1) is 3.79. The summed E-state index contributed by atoms with van der Waals surface area (Å²) in [7, 11) is 0. The fraction of sp³-hybridized carbons (Fsp3) is 0. The minimum Gasteiger partial charge on any atom is -0.206 e. The molecule has 0 fully saturated rings. The Kier molecular flexibility index (Phi) is 1.24. The molecular formula is C6H2F2. The Morgan fingerprint density at radius 3 is 1.62 bits per heavy atom. The van der Waals surface area contributed by atoms with Gasteiger partial charge in [0.25, 0.3) is 0 Å². The van der Waals surface area contributed by atoms with E-state index in [4.69, 9.17) is 0 Å². The third-order valence-electron chi connectivity index (χ3n) is 0.674. The van der Waals surface area contributed by atoms with Gasteiger partial charge in [0.15, 0.2) is 0 Å². The molecule has 0 heterocycles. The SMILES string of the molecule is Fc1[c]cc(F)[c]c1. The lowest BCUT2D eigenvalue weighted by atomic mass is 10.3. The second-order valence-corrected chi connectivity index (χ2v) is 1.27. The summed E-state index contributed by atoms with van der Waals surface area (Å²) in [6.45, 7) is 0. The second kappa shape index (κ2) is 1.90. The molecule has 0 unspecified atom stereocenters. The van der Waals surface area contributed by atoms with Crippen molar-refractivity contribution in [3.63, 3.8) is 0 Å². The van der Waals surface area contributed by atoms with Crippen molar-refractivity contribution in [1.82, 2.24) is 0 Å². The molecule has 40 valence electrons. The van der Waals surface area contributed by atoms with E-state index < -0.39 is 11.6 Å². The molecule has 0 aliphatic heterocycles. The molecule has 0 atom stereocenters. The van der Waals surface area contributed by atoms with Crippen LogP contribution in [0.15, 0.2) is 12.1 Å². The fourth-order valence-electron chi connectivity index (χ4n) is 0.348. The summed E-state index contributed by atoms with van der Waals surface area (Å²) in [4.78, 5) is 0. The summed E-state index contributed by atoms with van der Waals surface area (Å²) < 4.78 is 23.7. The molecule has 0 aliphatic carbocycles. The first-order valence-corrected chi connectivity index (χ1v) is 2.03. The lowest BCUT2D eigenvalue weighted by Gasteiger charge is -1.82. The molecule has 0 bridgehead atoms. The van der Waals surface area contributed by atoms with Gasteiger partial charge in [-0.3, -0.25) is 0 Å². The van der Waals surface area contributed by atoms with Gasteiger partial charge in [-0.1, -0.05) is 0 Å². The molecule has 0 aromatic heterocycles. The van der Waals surface area contributed by atoms with Crippen LogP contribution in [0.3, 0.4) is 0 Å².